The van der Waals surface area contributed by atoms with Crippen molar-refractivity contribution in [3.8, 4) is 0 Å². The summed E-state index contributed by atoms with van der Waals surface area (Å²) in [5, 5.41) is 6.47. The van der Waals surface area contributed by atoms with Gasteiger partial charge in [-0.25, -0.2) is 4.79 Å². The van der Waals surface area contributed by atoms with E-state index in [0.717, 1.165) is 18.8 Å². The summed E-state index contributed by atoms with van der Waals surface area (Å²) in [7, 11) is 2.27. The van der Waals surface area contributed by atoms with E-state index in [0.29, 0.717) is 6.04 Å². The number of nitrogens with zero attached hydrogens (tertiary/aromatic N) is 1. The first-order chi connectivity index (χ1) is 10.8. The van der Waals surface area contributed by atoms with Gasteiger partial charge < -0.3 is 20.3 Å². The number of amides is 1. The first-order valence-corrected chi connectivity index (χ1v) is 9.24. The quantitative estimate of drug-likeness (QED) is 0.834. The summed E-state index contributed by atoms with van der Waals surface area (Å²) in [5.74, 6) is 0.846. The molecule has 0 aromatic heterocycles. The van der Waals surface area contributed by atoms with Crippen LogP contribution in [0.2, 0.25) is 0 Å². The zero-order valence-corrected chi connectivity index (χ0v) is 15.4. The Kier molecular flexibility index (Phi) is 6.72. The van der Waals surface area contributed by atoms with Crippen LogP contribution in [0.15, 0.2) is 0 Å². The maximum Gasteiger partial charge on any atom is 0.407 e. The minimum absolute atomic E-state index is 0.272. The van der Waals surface area contributed by atoms with Gasteiger partial charge in [-0.1, -0.05) is 0 Å². The van der Waals surface area contributed by atoms with Gasteiger partial charge >= 0.3 is 6.09 Å². The molecule has 0 atom stereocenters. The lowest BCUT2D eigenvalue weighted by atomic mass is 9.89. The molecular formula is C18H35N3O2. The molecule has 2 N–H and O–H groups in total. The molecule has 1 amide bonds. The molecule has 5 nitrogen and oxygen atoms in total. The van der Waals surface area contributed by atoms with Gasteiger partial charge in [0, 0.05) is 18.6 Å². The predicted molar refractivity (Wildman–Crippen MR) is 93.6 cm³/mol. The summed E-state index contributed by atoms with van der Waals surface area (Å²) in [6, 6.07) is 0.940. The van der Waals surface area contributed by atoms with Gasteiger partial charge in [0.1, 0.15) is 5.60 Å². The fourth-order valence-electron chi connectivity index (χ4n) is 3.76. The summed E-state index contributed by atoms with van der Waals surface area (Å²) < 4.78 is 5.35. The molecule has 0 aromatic carbocycles. The van der Waals surface area contributed by atoms with Crippen molar-refractivity contribution in [3.05, 3.63) is 0 Å². The monoisotopic (exact) mass is 325 g/mol. The first kappa shape index (κ1) is 18.5. The van der Waals surface area contributed by atoms with E-state index in [9.17, 15) is 4.79 Å². The molecule has 0 unspecified atom stereocenters. The summed E-state index contributed by atoms with van der Waals surface area (Å²) in [6.45, 7) is 9.27. The van der Waals surface area contributed by atoms with Gasteiger partial charge in [0.2, 0.25) is 0 Å². The fourth-order valence-corrected chi connectivity index (χ4v) is 3.76. The minimum atomic E-state index is -0.420. The Hall–Kier alpha value is -0.810. The highest BCUT2D eigenvalue weighted by Crippen LogP contribution is 2.24. The SMILES string of the molecule is CN(CC1CCNCC1)[C@H]1CC[C@H](NC(=O)OC(C)(C)C)CC1. The Labute approximate surface area is 141 Å². The Balaban J connectivity index is 1.67. The van der Waals surface area contributed by atoms with Crippen LogP contribution in [0.4, 0.5) is 4.79 Å². The topological polar surface area (TPSA) is 53.6 Å². The highest BCUT2D eigenvalue weighted by atomic mass is 16.6. The molecule has 0 radical (unpaired) electrons. The van der Waals surface area contributed by atoms with Crippen LogP contribution >= 0.6 is 0 Å². The molecule has 0 aromatic rings. The number of carbonyl (C=O) groups is 1. The second kappa shape index (κ2) is 8.34. The maximum absolute atomic E-state index is 11.9. The molecule has 0 spiro atoms. The normalized spacial score (nSPS) is 27.0. The van der Waals surface area contributed by atoms with Crippen LogP contribution in [-0.2, 0) is 4.74 Å². The molecule has 23 heavy (non-hydrogen) atoms. The van der Waals surface area contributed by atoms with Gasteiger partial charge in [0.05, 0.1) is 0 Å². The van der Waals surface area contributed by atoms with E-state index in [-0.39, 0.29) is 12.1 Å². The van der Waals surface area contributed by atoms with Crippen LogP contribution in [0.3, 0.4) is 0 Å². The van der Waals surface area contributed by atoms with Crippen LogP contribution in [-0.4, -0.2) is 55.4 Å². The van der Waals surface area contributed by atoms with Gasteiger partial charge in [0.25, 0.3) is 0 Å². The number of alkyl carbamates (subject to hydrolysis) is 1. The van der Waals surface area contributed by atoms with Crippen molar-refractivity contribution < 1.29 is 9.53 Å². The lowest BCUT2D eigenvalue weighted by Crippen LogP contribution is -2.45. The van der Waals surface area contributed by atoms with E-state index in [4.69, 9.17) is 4.74 Å². The molecular weight excluding hydrogens is 290 g/mol. The molecule has 1 saturated heterocycles. The first-order valence-electron chi connectivity index (χ1n) is 9.24. The van der Waals surface area contributed by atoms with Gasteiger partial charge in [-0.2, -0.15) is 0 Å². The van der Waals surface area contributed by atoms with Crippen molar-refractivity contribution in [1.29, 1.82) is 0 Å². The standard InChI is InChI=1S/C18H35N3O2/c1-18(2,3)23-17(22)20-15-5-7-16(8-6-15)21(4)13-14-9-11-19-12-10-14/h14-16,19H,5-13H2,1-4H3,(H,20,22)/t15-,16-. The predicted octanol–water partition coefficient (Wildman–Crippen LogP) is 2.75. The van der Waals surface area contributed by atoms with E-state index >= 15 is 0 Å². The number of rotatable bonds is 4. The van der Waals surface area contributed by atoms with Gasteiger partial charge in [-0.15, -0.1) is 0 Å². The lowest BCUT2D eigenvalue weighted by molar-refractivity contribution is 0.0478. The Morgan fingerprint density at radius 3 is 2.30 bits per heavy atom. The molecule has 1 aliphatic heterocycles. The van der Waals surface area contributed by atoms with E-state index in [1.54, 1.807) is 0 Å². The summed E-state index contributed by atoms with van der Waals surface area (Å²) in [4.78, 5) is 14.4. The van der Waals surface area contributed by atoms with Gasteiger partial charge in [-0.05, 0) is 85.4 Å². The molecule has 2 rings (SSSR count). The number of piperidine rings is 1. The van der Waals surface area contributed by atoms with Crippen LogP contribution < -0.4 is 10.6 Å². The van der Waals surface area contributed by atoms with Crippen molar-refractivity contribution in [3.63, 3.8) is 0 Å². The van der Waals surface area contributed by atoms with Gasteiger partial charge in [-0.3, -0.25) is 0 Å². The van der Waals surface area contributed by atoms with Gasteiger partial charge in [0.15, 0.2) is 0 Å². The van der Waals surface area contributed by atoms with Crippen molar-refractivity contribution in [2.24, 2.45) is 5.92 Å². The zero-order valence-electron chi connectivity index (χ0n) is 15.4. The summed E-state index contributed by atoms with van der Waals surface area (Å²) in [5.41, 5.74) is -0.420. The maximum atomic E-state index is 11.9. The van der Waals surface area contributed by atoms with Crippen molar-refractivity contribution >= 4 is 6.09 Å². The largest absolute Gasteiger partial charge is 0.444 e. The average molecular weight is 325 g/mol. The van der Waals surface area contributed by atoms with Crippen LogP contribution in [0.1, 0.15) is 59.3 Å². The lowest BCUT2D eigenvalue weighted by Gasteiger charge is -2.37. The summed E-state index contributed by atoms with van der Waals surface area (Å²) in [6.07, 6.45) is 6.79. The molecule has 0 bridgehead atoms. The number of hydrogen-bond acceptors (Lipinski definition) is 4. The van der Waals surface area contributed by atoms with Crippen molar-refractivity contribution in [1.82, 2.24) is 15.5 Å². The molecule has 1 heterocycles. The van der Waals surface area contributed by atoms with E-state index in [1.165, 1.54) is 45.3 Å². The van der Waals surface area contributed by atoms with Crippen molar-refractivity contribution in [2.45, 2.75) is 77.0 Å². The highest BCUT2D eigenvalue weighted by molar-refractivity contribution is 5.68. The molecule has 5 heteroatoms. The third kappa shape index (κ3) is 6.68. The van der Waals surface area contributed by atoms with E-state index < -0.39 is 5.60 Å². The third-order valence-electron chi connectivity index (χ3n) is 5.05. The zero-order chi connectivity index (χ0) is 16.9. The Bertz CT molecular complexity index is 367. The second-order valence-electron chi connectivity index (χ2n) is 8.28. The fraction of sp³-hybridized carbons (Fsp3) is 0.944. The second-order valence-corrected chi connectivity index (χ2v) is 8.28. The number of carbonyl (C=O) groups excluding carboxylic acids is 1. The Morgan fingerprint density at radius 2 is 1.74 bits per heavy atom. The third-order valence-corrected chi connectivity index (χ3v) is 5.05. The number of hydrogen-bond donors (Lipinski definition) is 2. The van der Waals surface area contributed by atoms with Crippen LogP contribution in [0.5, 0.6) is 0 Å². The van der Waals surface area contributed by atoms with E-state index in [2.05, 4.69) is 22.6 Å². The molecule has 1 saturated carbocycles. The van der Waals surface area contributed by atoms with Crippen LogP contribution in [0.25, 0.3) is 0 Å². The van der Waals surface area contributed by atoms with Crippen LogP contribution in [0, 0.1) is 5.92 Å². The molecule has 134 valence electrons. The summed E-state index contributed by atoms with van der Waals surface area (Å²) >= 11 is 0. The smallest absolute Gasteiger partial charge is 0.407 e. The van der Waals surface area contributed by atoms with E-state index in [1.807, 2.05) is 20.8 Å². The number of nitrogens with one attached hydrogen (secondary N) is 2. The average Bonchev–Trinajstić information content (AvgIpc) is 2.47. The molecule has 2 fully saturated rings. The molecule has 2 aliphatic rings. The van der Waals surface area contributed by atoms with Crippen molar-refractivity contribution in [2.75, 3.05) is 26.7 Å². The number of ether oxygens (including phenoxy) is 1. The minimum Gasteiger partial charge on any atom is -0.444 e. The Morgan fingerprint density at radius 1 is 1.13 bits per heavy atom. The molecule has 1 aliphatic carbocycles. The highest BCUT2D eigenvalue weighted by Gasteiger charge is 2.27.